The average Bonchev–Trinajstić information content (AvgIpc) is 2.73. The molecule has 1 amide bonds. The largest absolute Gasteiger partial charge is 0.480 e. The number of rotatable bonds is 6. The van der Waals surface area contributed by atoms with E-state index in [9.17, 15) is 14.4 Å². The van der Waals surface area contributed by atoms with E-state index in [0.717, 1.165) is 10.4 Å². The van der Waals surface area contributed by atoms with Crippen molar-refractivity contribution in [1.29, 1.82) is 0 Å². The topological polar surface area (TPSA) is 92.7 Å². The molecule has 6 nitrogen and oxygen atoms in total. The van der Waals surface area contributed by atoms with Crippen LogP contribution in [0.2, 0.25) is 0 Å². The van der Waals surface area contributed by atoms with Gasteiger partial charge in [0.2, 0.25) is 0 Å². The van der Waals surface area contributed by atoms with Crippen LogP contribution in [-0.2, 0) is 14.3 Å². The minimum absolute atomic E-state index is 0.00289. The lowest BCUT2D eigenvalue weighted by molar-refractivity contribution is -0.142. The number of carboxylic acid groups (broad SMARTS) is 1. The number of nitrogens with one attached hydrogen (secondary N) is 1. The van der Waals surface area contributed by atoms with Crippen LogP contribution in [0.5, 0.6) is 0 Å². The molecule has 2 N–H and O–H groups in total. The standard InChI is InChI=1S/C13H17NO5S/c1-7-6-10(20-8(7)2)12(16)14-9(13(17)18)4-5-11(15)19-3/h6,9H,4-5H2,1-3H3,(H,14,16)(H,17,18)/t9-/m1/s1. The number of amides is 1. The van der Waals surface area contributed by atoms with Crippen LogP contribution in [0, 0.1) is 13.8 Å². The molecule has 0 aliphatic heterocycles. The van der Waals surface area contributed by atoms with Crippen LogP contribution < -0.4 is 5.32 Å². The van der Waals surface area contributed by atoms with E-state index < -0.39 is 23.9 Å². The molecule has 1 rings (SSSR count). The molecule has 0 aromatic carbocycles. The molecule has 0 aliphatic rings. The van der Waals surface area contributed by atoms with Gasteiger partial charge in [0.25, 0.3) is 5.91 Å². The normalized spacial score (nSPS) is 11.8. The van der Waals surface area contributed by atoms with Crippen molar-refractivity contribution in [2.75, 3.05) is 7.11 Å². The van der Waals surface area contributed by atoms with Crippen LogP contribution in [0.4, 0.5) is 0 Å². The van der Waals surface area contributed by atoms with Gasteiger partial charge in [0.05, 0.1) is 12.0 Å². The number of carboxylic acids is 1. The molecule has 1 aromatic rings. The summed E-state index contributed by atoms with van der Waals surface area (Å²) >= 11 is 1.31. The molecule has 0 fully saturated rings. The Morgan fingerprint density at radius 2 is 2.05 bits per heavy atom. The zero-order chi connectivity index (χ0) is 15.3. The van der Waals surface area contributed by atoms with Crippen LogP contribution in [0.3, 0.4) is 0 Å². The predicted octanol–water partition coefficient (Wildman–Crippen LogP) is 1.50. The fourth-order valence-electron chi connectivity index (χ4n) is 1.54. The summed E-state index contributed by atoms with van der Waals surface area (Å²) in [5, 5.41) is 11.5. The zero-order valence-corrected chi connectivity index (χ0v) is 12.4. The molecular formula is C13H17NO5S. The maximum absolute atomic E-state index is 12.0. The molecule has 1 heterocycles. The number of esters is 1. The highest BCUT2D eigenvalue weighted by molar-refractivity contribution is 7.14. The lowest BCUT2D eigenvalue weighted by atomic mass is 10.1. The van der Waals surface area contributed by atoms with Gasteiger partial charge in [-0.3, -0.25) is 9.59 Å². The molecule has 0 bridgehead atoms. The summed E-state index contributed by atoms with van der Waals surface area (Å²) in [5.74, 6) is -2.12. The van der Waals surface area contributed by atoms with E-state index in [0.29, 0.717) is 4.88 Å². The number of aliphatic carboxylic acids is 1. The van der Waals surface area contributed by atoms with E-state index in [4.69, 9.17) is 5.11 Å². The fourth-order valence-corrected chi connectivity index (χ4v) is 2.47. The van der Waals surface area contributed by atoms with Crippen LogP contribution in [0.15, 0.2) is 6.07 Å². The van der Waals surface area contributed by atoms with Crippen molar-refractivity contribution >= 4 is 29.2 Å². The van der Waals surface area contributed by atoms with E-state index in [-0.39, 0.29) is 12.8 Å². The summed E-state index contributed by atoms with van der Waals surface area (Å²) in [4.78, 5) is 35.5. The molecule has 1 atom stereocenters. The molecular weight excluding hydrogens is 282 g/mol. The molecule has 0 aliphatic carbocycles. The van der Waals surface area contributed by atoms with Crippen molar-refractivity contribution in [3.63, 3.8) is 0 Å². The van der Waals surface area contributed by atoms with Gasteiger partial charge in [-0.2, -0.15) is 0 Å². The molecule has 0 saturated carbocycles. The van der Waals surface area contributed by atoms with Gasteiger partial charge < -0.3 is 15.2 Å². The SMILES string of the molecule is COC(=O)CC[C@@H](NC(=O)c1cc(C)c(C)s1)C(=O)O. The van der Waals surface area contributed by atoms with Crippen LogP contribution in [0.25, 0.3) is 0 Å². The highest BCUT2D eigenvalue weighted by Crippen LogP contribution is 2.20. The Morgan fingerprint density at radius 3 is 2.50 bits per heavy atom. The smallest absolute Gasteiger partial charge is 0.326 e. The summed E-state index contributed by atoms with van der Waals surface area (Å²) in [5.41, 5.74) is 0.988. The minimum Gasteiger partial charge on any atom is -0.480 e. The van der Waals surface area contributed by atoms with Gasteiger partial charge in [-0.15, -0.1) is 11.3 Å². The molecule has 0 saturated heterocycles. The molecule has 20 heavy (non-hydrogen) atoms. The molecule has 110 valence electrons. The number of hydrogen-bond acceptors (Lipinski definition) is 5. The Labute approximate surface area is 120 Å². The second kappa shape index (κ2) is 7.04. The third-order valence-corrected chi connectivity index (χ3v) is 4.01. The van der Waals surface area contributed by atoms with Crippen molar-refractivity contribution in [1.82, 2.24) is 5.32 Å². The minimum atomic E-state index is -1.17. The lowest BCUT2D eigenvalue weighted by Gasteiger charge is -2.13. The van der Waals surface area contributed by atoms with Crippen molar-refractivity contribution in [2.24, 2.45) is 0 Å². The maximum Gasteiger partial charge on any atom is 0.326 e. The van der Waals surface area contributed by atoms with E-state index in [1.807, 2.05) is 13.8 Å². The molecule has 0 unspecified atom stereocenters. The van der Waals surface area contributed by atoms with Crippen molar-refractivity contribution in [3.8, 4) is 0 Å². The maximum atomic E-state index is 12.0. The zero-order valence-electron chi connectivity index (χ0n) is 11.6. The van der Waals surface area contributed by atoms with E-state index in [2.05, 4.69) is 10.1 Å². The number of carbonyl (C=O) groups is 3. The first-order valence-electron chi connectivity index (χ1n) is 6.02. The van der Waals surface area contributed by atoms with Gasteiger partial charge in [-0.25, -0.2) is 4.79 Å². The van der Waals surface area contributed by atoms with Crippen LogP contribution >= 0.6 is 11.3 Å². The Kier molecular flexibility index (Phi) is 5.69. The Bertz CT molecular complexity index is 503. The predicted molar refractivity (Wildman–Crippen MR) is 73.9 cm³/mol. The summed E-state index contributed by atoms with van der Waals surface area (Å²) in [6, 6.07) is 0.610. The first kappa shape index (κ1) is 16.2. The third kappa shape index (κ3) is 4.34. The fraction of sp³-hybridized carbons (Fsp3) is 0.462. The highest BCUT2D eigenvalue weighted by Gasteiger charge is 2.22. The Balaban J connectivity index is 2.68. The molecule has 1 aromatic heterocycles. The van der Waals surface area contributed by atoms with Gasteiger partial charge in [-0.1, -0.05) is 0 Å². The molecule has 7 heteroatoms. The second-order valence-electron chi connectivity index (χ2n) is 4.33. The molecule has 0 radical (unpaired) electrons. The quantitative estimate of drug-likeness (QED) is 0.777. The van der Waals surface area contributed by atoms with Crippen molar-refractivity contribution < 1.29 is 24.2 Å². The third-order valence-electron chi connectivity index (χ3n) is 2.86. The first-order valence-corrected chi connectivity index (χ1v) is 6.84. The monoisotopic (exact) mass is 299 g/mol. The van der Waals surface area contributed by atoms with Gasteiger partial charge in [0, 0.05) is 11.3 Å². The van der Waals surface area contributed by atoms with E-state index >= 15 is 0 Å². The summed E-state index contributed by atoms with van der Waals surface area (Å²) in [6.07, 6.45) is -0.0622. The number of carbonyl (C=O) groups excluding carboxylic acids is 2. The van der Waals surface area contributed by atoms with Gasteiger partial charge in [0.15, 0.2) is 0 Å². The highest BCUT2D eigenvalue weighted by atomic mass is 32.1. The Morgan fingerprint density at radius 1 is 1.40 bits per heavy atom. The van der Waals surface area contributed by atoms with Gasteiger partial charge in [-0.05, 0) is 31.9 Å². The number of thiophene rings is 1. The summed E-state index contributed by atoms with van der Waals surface area (Å²) < 4.78 is 4.45. The van der Waals surface area contributed by atoms with Crippen molar-refractivity contribution in [3.05, 3.63) is 21.4 Å². The van der Waals surface area contributed by atoms with E-state index in [1.165, 1.54) is 18.4 Å². The first-order chi connectivity index (χ1) is 9.35. The molecule has 0 spiro atoms. The average molecular weight is 299 g/mol. The van der Waals surface area contributed by atoms with Crippen LogP contribution in [-0.4, -0.2) is 36.1 Å². The van der Waals surface area contributed by atoms with Crippen molar-refractivity contribution in [2.45, 2.75) is 32.7 Å². The Hall–Kier alpha value is -1.89. The lowest BCUT2D eigenvalue weighted by Crippen LogP contribution is -2.40. The number of aryl methyl sites for hydroxylation is 2. The van der Waals surface area contributed by atoms with Crippen LogP contribution in [0.1, 0.15) is 33.0 Å². The number of hydrogen-bond donors (Lipinski definition) is 2. The summed E-state index contributed by atoms with van der Waals surface area (Å²) in [6.45, 7) is 3.78. The second-order valence-corrected chi connectivity index (χ2v) is 5.59. The van der Waals surface area contributed by atoms with E-state index in [1.54, 1.807) is 6.07 Å². The number of methoxy groups -OCH3 is 1. The number of ether oxygens (including phenoxy) is 1. The summed E-state index contributed by atoms with van der Waals surface area (Å²) in [7, 11) is 1.23. The van der Waals surface area contributed by atoms with Gasteiger partial charge >= 0.3 is 11.9 Å². The van der Waals surface area contributed by atoms with Gasteiger partial charge in [0.1, 0.15) is 6.04 Å².